The average Bonchev–Trinajstić information content (AvgIpc) is 3.70. The monoisotopic (exact) mass is 565 g/mol. The second-order valence-corrected chi connectivity index (χ2v) is 12.0. The Balaban J connectivity index is 1.29. The number of amides is 2. The van der Waals surface area contributed by atoms with Crippen LogP contribution in [0.15, 0.2) is 34.1 Å². The summed E-state index contributed by atoms with van der Waals surface area (Å²) in [6, 6.07) is 6.22. The molecule has 0 aliphatic heterocycles. The van der Waals surface area contributed by atoms with Crippen LogP contribution in [0.3, 0.4) is 0 Å². The van der Waals surface area contributed by atoms with E-state index in [1.54, 1.807) is 6.20 Å². The molecule has 3 aromatic rings. The SMILES string of the molecule is CSc1cc(C)[nH]c(=O)c1CNC(=O)c1c(C)n([C@H](C)C2CCC(OCC(=O)NC3CC3)CC2)c2ncccc12. The van der Waals surface area contributed by atoms with Crippen LogP contribution >= 0.6 is 11.8 Å². The number of nitrogens with zero attached hydrogens (tertiary/aromatic N) is 2. The molecule has 3 N–H and O–H groups in total. The topological polar surface area (TPSA) is 118 Å². The lowest BCUT2D eigenvalue weighted by atomic mass is 9.83. The highest BCUT2D eigenvalue weighted by atomic mass is 32.2. The smallest absolute Gasteiger partial charge is 0.254 e. The van der Waals surface area contributed by atoms with Gasteiger partial charge in [0.05, 0.1) is 11.7 Å². The number of hydrogen-bond acceptors (Lipinski definition) is 6. The summed E-state index contributed by atoms with van der Waals surface area (Å²) in [6.45, 7) is 6.32. The summed E-state index contributed by atoms with van der Waals surface area (Å²) in [5.41, 5.74) is 3.44. The number of hydrogen-bond donors (Lipinski definition) is 3. The molecule has 5 rings (SSSR count). The van der Waals surface area contributed by atoms with E-state index in [0.717, 1.165) is 65.8 Å². The molecular formula is C30H39N5O4S. The highest BCUT2D eigenvalue weighted by Crippen LogP contribution is 2.38. The average molecular weight is 566 g/mol. The van der Waals surface area contributed by atoms with Gasteiger partial charge >= 0.3 is 0 Å². The van der Waals surface area contributed by atoms with Crippen LogP contribution in [0.4, 0.5) is 0 Å². The lowest BCUT2D eigenvalue weighted by Crippen LogP contribution is -2.33. The van der Waals surface area contributed by atoms with Crippen LogP contribution in [0, 0.1) is 19.8 Å². The first-order chi connectivity index (χ1) is 19.3. The van der Waals surface area contributed by atoms with Crippen LogP contribution in [0.1, 0.15) is 78.8 Å². The maximum Gasteiger partial charge on any atom is 0.254 e. The highest BCUT2D eigenvalue weighted by molar-refractivity contribution is 7.98. The molecule has 2 aliphatic rings. The van der Waals surface area contributed by atoms with Crippen molar-refractivity contribution in [3.05, 3.63) is 57.3 Å². The van der Waals surface area contributed by atoms with E-state index in [4.69, 9.17) is 4.74 Å². The summed E-state index contributed by atoms with van der Waals surface area (Å²) >= 11 is 1.50. The van der Waals surface area contributed by atoms with Crippen LogP contribution in [-0.4, -0.2) is 51.4 Å². The summed E-state index contributed by atoms with van der Waals surface area (Å²) in [4.78, 5) is 46.5. The predicted molar refractivity (Wildman–Crippen MR) is 157 cm³/mol. The number of carbonyl (C=O) groups is 2. The quantitative estimate of drug-likeness (QED) is 0.314. The van der Waals surface area contributed by atoms with E-state index < -0.39 is 0 Å². The van der Waals surface area contributed by atoms with E-state index >= 15 is 0 Å². The van der Waals surface area contributed by atoms with Gasteiger partial charge in [0.1, 0.15) is 12.3 Å². The zero-order valence-electron chi connectivity index (χ0n) is 23.7. The first kappa shape index (κ1) is 28.4. The van der Waals surface area contributed by atoms with Crippen molar-refractivity contribution >= 4 is 34.6 Å². The van der Waals surface area contributed by atoms with Gasteiger partial charge in [-0.25, -0.2) is 4.98 Å². The van der Waals surface area contributed by atoms with Crippen molar-refractivity contribution in [3.63, 3.8) is 0 Å². The molecule has 10 heteroatoms. The predicted octanol–water partition coefficient (Wildman–Crippen LogP) is 4.41. The van der Waals surface area contributed by atoms with Crippen LogP contribution in [0.5, 0.6) is 0 Å². The van der Waals surface area contributed by atoms with Crippen molar-refractivity contribution in [1.82, 2.24) is 25.2 Å². The molecule has 0 bridgehead atoms. The van der Waals surface area contributed by atoms with Gasteiger partial charge < -0.3 is 24.9 Å². The molecule has 214 valence electrons. The van der Waals surface area contributed by atoms with Gasteiger partial charge in [0.25, 0.3) is 11.5 Å². The standard InChI is InChI=1S/C30H39N5O4S/c1-17-14-25(40-4)24(29(37)33-17)15-32-30(38)27-19(3)35(28-23(27)6-5-13-31-28)18(2)20-7-11-22(12-8-20)39-16-26(36)34-21-9-10-21/h5-6,13-14,18,20-22H,7-12,15-16H2,1-4H3,(H,32,38)(H,33,37)(H,34,36)/t18-,20?,22?/m1/s1. The van der Waals surface area contributed by atoms with Gasteiger partial charge in [0.2, 0.25) is 5.91 Å². The Kier molecular flexibility index (Phi) is 8.65. The van der Waals surface area contributed by atoms with Gasteiger partial charge in [-0.3, -0.25) is 14.4 Å². The Morgan fingerprint density at radius 2 is 1.95 bits per heavy atom. The van der Waals surface area contributed by atoms with Crippen molar-refractivity contribution in [2.24, 2.45) is 5.92 Å². The number of thioether (sulfide) groups is 1. The molecule has 0 spiro atoms. The van der Waals surface area contributed by atoms with Crippen LogP contribution in [-0.2, 0) is 16.1 Å². The maximum atomic E-state index is 13.6. The molecule has 9 nitrogen and oxygen atoms in total. The molecule has 0 radical (unpaired) electrons. The van der Waals surface area contributed by atoms with Gasteiger partial charge in [0, 0.05) is 52.1 Å². The van der Waals surface area contributed by atoms with E-state index in [1.807, 2.05) is 38.3 Å². The Morgan fingerprint density at radius 1 is 1.20 bits per heavy atom. The third-order valence-electron chi connectivity index (χ3n) is 8.31. The van der Waals surface area contributed by atoms with E-state index in [1.165, 1.54) is 11.8 Å². The lowest BCUT2D eigenvalue weighted by molar-refractivity contribution is -0.128. The Hall–Kier alpha value is -3.11. The minimum Gasteiger partial charge on any atom is -0.368 e. The highest BCUT2D eigenvalue weighted by Gasteiger charge is 2.31. The second kappa shape index (κ2) is 12.2. The molecule has 2 aliphatic carbocycles. The maximum absolute atomic E-state index is 13.6. The fourth-order valence-corrected chi connectivity index (χ4v) is 6.68. The number of pyridine rings is 2. The second-order valence-electron chi connectivity index (χ2n) is 11.1. The first-order valence-electron chi connectivity index (χ1n) is 14.2. The molecule has 0 saturated heterocycles. The molecule has 2 saturated carbocycles. The van der Waals surface area contributed by atoms with E-state index in [2.05, 4.69) is 32.1 Å². The van der Waals surface area contributed by atoms with Gasteiger partial charge in [0.15, 0.2) is 0 Å². The van der Waals surface area contributed by atoms with Gasteiger partial charge in [-0.2, -0.15) is 0 Å². The van der Waals surface area contributed by atoms with E-state index in [-0.39, 0.29) is 42.7 Å². The molecule has 0 unspecified atom stereocenters. The third kappa shape index (κ3) is 6.12. The normalized spacial score (nSPS) is 19.9. The molecule has 3 aromatic heterocycles. The first-order valence-corrected chi connectivity index (χ1v) is 15.4. The van der Waals surface area contributed by atoms with Gasteiger partial charge in [-0.05, 0) is 89.7 Å². The molecule has 1 atom stereocenters. The van der Waals surface area contributed by atoms with E-state index in [9.17, 15) is 14.4 Å². The largest absolute Gasteiger partial charge is 0.368 e. The lowest BCUT2D eigenvalue weighted by Gasteiger charge is -2.33. The Morgan fingerprint density at radius 3 is 2.65 bits per heavy atom. The van der Waals surface area contributed by atoms with Crippen LogP contribution < -0.4 is 16.2 Å². The molecule has 2 amide bonds. The minimum atomic E-state index is -0.213. The molecular weight excluding hydrogens is 526 g/mol. The summed E-state index contributed by atoms with van der Waals surface area (Å²) in [6.07, 6.45) is 9.73. The number of aromatic amines is 1. The fraction of sp³-hybridized carbons (Fsp3) is 0.533. The number of fused-ring (bicyclic) bond motifs is 1. The van der Waals surface area contributed by atoms with Crippen LogP contribution in [0.25, 0.3) is 11.0 Å². The number of ether oxygens (including phenoxy) is 1. The Labute approximate surface area is 238 Å². The van der Waals surface area contributed by atoms with Gasteiger partial charge in [-0.1, -0.05) is 0 Å². The number of aromatic nitrogens is 3. The summed E-state index contributed by atoms with van der Waals surface area (Å²) in [7, 11) is 0. The zero-order valence-corrected chi connectivity index (χ0v) is 24.5. The molecule has 0 aromatic carbocycles. The number of H-pyrrole nitrogens is 1. The Bertz CT molecular complexity index is 1450. The zero-order chi connectivity index (χ0) is 28.4. The number of nitrogens with one attached hydrogen (secondary N) is 3. The van der Waals surface area contributed by atoms with Crippen molar-refractivity contribution in [2.45, 2.75) is 88.9 Å². The fourth-order valence-electron chi connectivity index (χ4n) is 5.98. The van der Waals surface area contributed by atoms with E-state index in [0.29, 0.717) is 23.1 Å². The van der Waals surface area contributed by atoms with Crippen molar-refractivity contribution in [2.75, 3.05) is 12.9 Å². The number of aryl methyl sites for hydroxylation is 1. The molecule has 3 heterocycles. The van der Waals surface area contributed by atoms with Crippen LogP contribution in [0.2, 0.25) is 0 Å². The van der Waals surface area contributed by atoms with Gasteiger partial charge in [-0.15, -0.1) is 11.8 Å². The molecule has 2 fully saturated rings. The summed E-state index contributed by atoms with van der Waals surface area (Å²) < 4.78 is 8.12. The minimum absolute atomic E-state index is 0.0130. The number of rotatable bonds is 10. The summed E-state index contributed by atoms with van der Waals surface area (Å²) in [5.74, 6) is 0.179. The van der Waals surface area contributed by atoms with Crippen molar-refractivity contribution in [1.29, 1.82) is 0 Å². The summed E-state index contributed by atoms with van der Waals surface area (Å²) in [5, 5.41) is 6.79. The van der Waals surface area contributed by atoms with Crippen molar-refractivity contribution in [3.8, 4) is 0 Å². The third-order valence-corrected chi connectivity index (χ3v) is 9.11. The van der Waals surface area contributed by atoms with Crippen molar-refractivity contribution < 1.29 is 14.3 Å². The number of carbonyl (C=O) groups excluding carboxylic acids is 2. The molecule has 40 heavy (non-hydrogen) atoms.